The zero-order valence-electron chi connectivity index (χ0n) is 13.1. The number of carbonyl (C=O) groups excluding carboxylic acids is 1. The Hall–Kier alpha value is -1.79. The Kier molecular flexibility index (Phi) is 5.63. The Morgan fingerprint density at radius 1 is 1.36 bits per heavy atom. The van der Waals surface area contributed by atoms with E-state index >= 15 is 0 Å². The van der Waals surface area contributed by atoms with Gasteiger partial charge in [0, 0.05) is 13.1 Å². The largest absolute Gasteiger partial charge is 0.493 e. The van der Waals surface area contributed by atoms with Crippen molar-refractivity contribution in [3.8, 4) is 11.5 Å². The predicted molar refractivity (Wildman–Crippen MR) is 82.9 cm³/mol. The molecule has 1 aliphatic rings. The molecule has 6 heteroatoms. The van der Waals surface area contributed by atoms with Crippen molar-refractivity contribution >= 4 is 5.91 Å². The van der Waals surface area contributed by atoms with Crippen LogP contribution in [0.25, 0.3) is 0 Å². The molecule has 0 aromatic heterocycles. The number of ether oxygens (including phenoxy) is 2. The first-order valence-corrected chi connectivity index (χ1v) is 7.61. The minimum atomic E-state index is -1.07. The summed E-state index contributed by atoms with van der Waals surface area (Å²) in [4.78, 5) is 14.0. The van der Waals surface area contributed by atoms with Crippen LogP contribution < -0.4 is 15.2 Å². The van der Waals surface area contributed by atoms with Gasteiger partial charge in [-0.15, -0.1) is 0 Å². The molecule has 0 radical (unpaired) electrons. The molecular formula is C16H24N2O4. The Morgan fingerprint density at radius 2 is 2.05 bits per heavy atom. The van der Waals surface area contributed by atoms with Crippen molar-refractivity contribution < 1.29 is 19.4 Å². The Balaban J connectivity index is 2.15. The fourth-order valence-corrected chi connectivity index (χ4v) is 2.64. The SMILES string of the molecule is CCOc1cc([C@H](O)[C@@H](N)C(=O)N2CCCC2)ccc1OC. The molecule has 3 N–H and O–H groups in total. The molecule has 1 saturated heterocycles. The van der Waals surface area contributed by atoms with Gasteiger partial charge in [0.05, 0.1) is 13.7 Å². The van der Waals surface area contributed by atoms with Gasteiger partial charge in [-0.25, -0.2) is 0 Å². The smallest absolute Gasteiger partial charge is 0.242 e. The molecule has 1 fully saturated rings. The molecule has 1 aromatic carbocycles. The van der Waals surface area contributed by atoms with Gasteiger partial charge in [-0.2, -0.15) is 0 Å². The van der Waals surface area contributed by atoms with Crippen molar-refractivity contribution in [3.05, 3.63) is 23.8 Å². The number of rotatable bonds is 6. The van der Waals surface area contributed by atoms with Gasteiger partial charge in [0.25, 0.3) is 0 Å². The van der Waals surface area contributed by atoms with Gasteiger partial charge in [-0.05, 0) is 37.5 Å². The number of amides is 1. The topological polar surface area (TPSA) is 85.0 Å². The van der Waals surface area contributed by atoms with Gasteiger partial charge in [0.15, 0.2) is 11.5 Å². The van der Waals surface area contributed by atoms with Gasteiger partial charge >= 0.3 is 0 Å². The van der Waals surface area contributed by atoms with E-state index in [0.29, 0.717) is 36.8 Å². The fourth-order valence-electron chi connectivity index (χ4n) is 2.64. The maximum absolute atomic E-state index is 12.3. The highest BCUT2D eigenvalue weighted by Crippen LogP contribution is 2.31. The van der Waals surface area contributed by atoms with Crippen molar-refractivity contribution in [1.82, 2.24) is 4.90 Å². The summed E-state index contributed by atoms with van der Waals surface area (Å²) >= 11 is 0. The molecule has 0 aliphatic carbocycles. The number of aliphatic hydroxyl groups excluding tert-OH is 1. The van der Waals surface area contributed by atoms with Crippen LogP contribution in [0.1, 0.15) is 31.4 Å². The van der Waals surface area contributed by atoms with Crippen LogP contribution in [0.2, 0.25) is 0 Å². The summed E-state index contributed by atoms with van der Waals surface area (Å²) in [5.41, 5.74) is 6.50. The molecule has 1 aliphatic heterocycles. The molecule has 2 atom stereocenters. The van der Waals surface area contributed by atoms with Crippen molar-refractivity contribution in [1.29, 1.82) is 0 Å². The van der Waals surface area contributed by atoms with Crippen LogP contribution in [0.3, 0.4) is 0 Å². The number of hydrogen-bond donors (Lipinski definition) is 2. The summed E-state index contributed by atoms with van der Waals surface area (Å²) in [7, 11) is 1.55. The Morgan fingerprint density at radius 3 is 2.64 bits per heavy atom. The molecule has 0 unspecified atom stereocenters. The lowest BCUT2D eigenvalue weighted by Crippen LogP contribution is -2.45. The molecule has 0 saturated carbocycles. The maximum atomic E-state index is 12.3. The lowest BCUT2D eigenvalue weighted by Gasteiger charge is -2.24. The van der Waals surface area contributed by atoms with Gasteiger partial charge in [-0.1, -0.05) is 6.07 Å². The zero-order chi connectivity index (χ0) is 16.1. The predicted octanol–water partition coefficient (Wildman–Crippen LogP) is 1.08. The van der Waals surface area contributed by atoms with E-state index in [1.807, 2.05) is 6.92 Å². The quantitative estimate of drug-likeness (QED) is 0.821. The minimum absolute atomic E-state index is 0.209. The monoisotopic (exact) mass is 308 g/mol. The molecule has 22 heavy (non-hydrogen) atoms. The van der Waals surface area contributed by atoms with E-state index in [4.69, 9.17) is 15.2 Å². The van der Waals surface area contributed by atoms with Crippen LogP contribution in [-0.2, 0) is 4.79 Å². The maximum Gasteiger partial charge on any atom is 0.242 e. The first-order valence-electron chi connectivity index (χ1n) is 7.61. The first-order chi connectivity index (χ1) is 10.6. The van der Waals surface area contributed by atoms with Crippen LogP contribution >= 0.6 is 0 Å². The number of nitrogens with two attached hydrogens (primary N) is 1. The minimum Gasteiger partial charge on any atom is -0.493 e. The second kappa shape index (κ2) is 7.47. The van der Waals surface area contributed by atoms with Crippen molar-refractivity contribution in [3.63, 3.8) is 0 Å². The Labute approximate surface area is 130 Å². The van der Waals surface area contributed by atoms with E-state index in [1.165, 1.54) is 0 Å². The highest BCUT2D eigenvalue weighted by molar-refractivity contribution is 5.82. The lowest BCUT2D eigenvalue weighted by molar-refractivity contribution is -0.134. The number of aliphatic hydroxyl groups is 1. The van der Waals surface area contributed by atoms with Gasteiger partial charge in [0.2, 0.25) is 5.91 Å². The van der Waals surface area contributed by atoms with Crippen molar-refractivity contribution in [2.24, 2.45) is 5.73 Å². The molecule has 0 spiro atoms. The first kappa shape index (κ1) is 16.6. The van der Waals surface area contributed by atoms with E-state index in [2.05, 4.69) is 0 Å². The van der Waals surface area contributed by atoms with Gasteiger partial charge < -0.3 is 25.2 Å². The van der Waals surface area contributed by atoms with Crippen LogP contribution in [0.4, 0.5) is 0 Å². The molecule has 1 aromatic rings. The standard InChI is InChI=1S/C16H24N2O4/c1-3-22-13-10-11(6-7-12(13)21-2)15(19)14(17)16(20)18-8-4-5-9-18/h6-7,10,14-15,19H,3-5,8-9,17H2,1-2H3/t14-,15+/m1/s1. The third-order valence-electron chi connectivity index (χ3n) is 3.87. The highest BCUT2D eigenvalue weighted by atomic mass is 16.5. The third-order valence-corrected chi connectivity index (χ3v) is 3.87. The number of benzene rings is 1. The molecular weight excluding hydrogens is 284 g/mol. The normalized spacial score (nSPS) is 17.2. The Bertz CT molecular complexity index is 515. The summed E-state index contributed by atoms with van der Waals surface area (Å²) in [5, 5.41) is 10.4. The van der Waals surface area contributed by atoms with Gasteiger partial charge in [0.1, 0.15) is 12.1 Å². The number of hydrogen-bond acceptors (Lipinski definition) is 5. The van der Waals surface area contributed by atoms with E-state index in [0.717, 1.165) is 12.8 Å². The van der Waals surface area contributed by atoms with Crippen LogP contribution in [0.15, 0.2) is 18.2 Å². The van der Waals surface area contributed by atoms with Gasteiger partial charge in [-0.3, -0.25) is 4.79 Å². The summed E-state index contributed by atoms with van der Waals surface area (Å²) in [6.07, 6.45) is 0.912. The average Bonchev–Trinajstić information content (AvgIpc) is 3.07. The highest BCUT2D eigenvalue weighted by Gasteiger charge is 2.30. The van der Waals surface area contributed by atoms with Crippen molar-refractivity contribution in [2.75, 3.05) is 26.8 Å². The number of carbonyl (C=O) groups is 1. The lowest BCUT2D eigenvalue weighted by atomic mass is 10.0. The summed E-state index contributed by atoms with van der Waals surface area (Å²) in [5.74, 6) is 0.901. The fraction of sp³-hybridized carbons (Fsp3) is 0.562. The number of likely N-dealkylation sites (tertiary alicyclic amines) is 1. The van der Waals surface area contributed by atoms with Crippen LogP contribution in [-0.4, -0.2) is 48.8 Å². The molecule has 6 nitrogen and oxygen atoms in total. The summed E-state index contributed by atoms with van der Waals surface area (Å²) in [6, 6.07) is 4.10. The molecule has 2 rings (SSSR count). The summed E-state index contributed by atoms with van der Waals surface area (Å²) in [6.45, 7) is 3.78. The van der Waals surface area contributed by atoms with Crippen molar-refractivity contribution in [2.45, 2.75) is 31.9 Å². The average molecular weight is 308 g/mol. The molecule has 0 bridgehead atoms. The van der Waals surface area contributed by atoms with E-state index in [9.17, 15) is 9.90 Å². The number of methoxy groups -OCH3 is 1. The second-order valence-corrected chi connectivity index (χ2v) is 5.35. The second-order valence-electron chi connectivity index (χ2n) is 5.35. The van der Waals surface area contributed by atoms with E-state index in [-0.39, 0.29) is 5.91 Å². The van der Waals surface area contributed by atoms with E-state index < -0.39 is 12.1 Å². The molecule has 1 heterocycles. The van der Waals surface area contributed by atoms with Crippen LogP contribution in [0.5, 0.6) is 11.5 Å². The molecule has 122 valence electrons. The molecule has 1 amide bonds. The van der Waals surface area contributed by atoms with E-state index in [1.54, 1.807) is 30.2 Å². The zero-order valence-corrected chi connectivity index (χ0v) is 13.1. The van der Waals surface area contributed by atoms with Crippen LogP contribution in [0, 0.1) is 0 Å². The summed E-state index contributed by atoms with van der Waals surface area (Å²) < 4.78 is 10.7. The number of nitrogens with zero attached hydrogens (tertiary/aromatic N) is 1. The third kappa shape index (κ3) is 3.51.